The summed E-state index contributed by atoms with van der Waals surface area (Å²) < 4.78 is 0. The van der Waals surface area contributed by atoms with Crippen molar-refractivity contribution in [3.8, 4) is 0 Å². The average Bonchev–Trinajstić information content (AvgIpc) is 2.74. The van der Waals surface area contributed by atoms with E-state index in [2.05, 4.69) is 16.8 Å². The third-order valence-electron chi connectivity index (χ3n) is 2.96. The van der Waals surface area contributed by atoms with Gasteiger partial charge in [0.15, 0.2) is 5.78 Å². The zero-order valence-electron chi connectivity index (χ0n) is 9.14. The van der Waals surface area contributed by atoms with Crippen molar-refractivity contribution in [3.63, 3.8) is 0 Å². The molecular weight excluding hydrogens is 208 g/mol. The fourth-order valence-electron chi connectivity index (χ4n) is 1.89. The van der Waals surface area contributed by atoms with Gasteiger partial charge in [-0.3, -0.25) is 9.69 Å². The first kappa shape index (κ1) is 10.8. The molecule has 1 aromatic rings. The first-order chi connectivity index (χ1) is 7.18. The lowest BCUT2D eigenvalue weighted by Crippen LogP contribution is -2.53. The number of hydrogen-bond acceptors (Lipinski definition) is 4. The number of rotatable bonds is 2. The smallest absolute Gasteiger partial charge is 0.182 e. The second-order valence-electron chi connectivity index (χ2n) is 4.13. The van der Waals surface area contributed by atoms with E-state index in [-0.39, 0.29) is 11.8 Å². The average molecular weight is 224 g/mol. The lowest BCUT2D eigenvalue weighted by molar-refractivity contribution is 0.0687. The summed E-state index contributed by atoms with van der Waals surface area (Å²) in [6, 6.07) is 1.94. The first-order valence-electron chi connectivity index (χ1n) is 5.13. The van der Waals surface area contributed by atoms with Gasteiger partial charge in [-0.15, -0.1) is 0 Å². The maximum atomic E-state index is 12.2. The monoisotopic (exact) mass is 224 g/mol. The van der Waals surface area contributed by atoms with Crippen LogP contribution in [0.3, 0.4) is 0 Å². The largest absolute Gasteiger partial charge is 0.303 e. The highest BCUT2D eigenvalue weighted by molar-refractivity contribution is 7.08. The Labute approximate surface area is 94.3 Å². The summed E-state index contributed by atoms with van der Waals surface area (Å²) >= 11 is 1.58. The molecule has 0 saturated carbocycles. The molecule has 2 heterocycles. The lowest BCUT2D eigenvalue weighted by Gasteiger charge is -2.36. The summed E-state index contributed by atoms with van der Waals surface area (Å²) in [5.41, 5.74) is 0.854. The maximum absolute atomic E-state index is 12.2. The van der Waals surface area contributed by atoms with Crippen molar-refractivity contribution in [2.45, 2.75) is 6.04 Å². The molecule has 0 bridgehead atoms. The van der Waals surface area contributed by atoms with Gasteiger partial charge in [0.1, 0.15) is 0 Å². The van der Waals surface area contributed by atoms with E-state index in [0.29, 0.717) is 0 Å². The van der Waals surface area contributed by atoms with Crippen LogP contribution in [0.15, 0.2) is 16.8 Å². The summed E-state index contributed by atoms with van der Waals surface area (Å²) in [5.74, 6) is 0.255. The van der Waals surface area contributed by atoms with Crippen molar-refractivity contribution < 1.29 is 4.79 Å². The second kappa shape index (κ2) is 4.43. The van der Waals surface area contributed by atoms with Crippen LogP contribution in [0.1, 0.15) is 10.4 Å². The molecule has 15 heavy (non-hydrogen) atoms. The van der Waals surface area contributed by atoms with E-state index in [4.69, 9.17) is 0 Å². The molecule has 1 aliphatic heterocycles. The molecule has 0 radical (unpaired) electrons. The highest BCUT2D eigenvalue weighted by Crippen LogP contribution is 2.14. The van der Waals surface area contributed by atoms with Crippen molar-refractivity contribution in [1.29, 1.82) is 0 Å². The van der Waals surface area contributed by atoms with Crippen LogP contribution in [0.2, 0.25) is 0 Å². The van der Waals surface area contributed by atoms with E-state index in [1.807, 2.05) is 23.9 Å². The molecule has 0 aromatic carbocycles. The van der Waals surface area contributed by atoms with Crippen LogP contribution in [-0.2, 0) is 0 Å². The zero-order valence-corrected chi connectivity index (χ0v) is 9.96. The molecule has 1 aromatic heterocycles. The molecule has 1 unspecified atom stereocenters. The van der Waals surface area contributed by atoms with Crippen molar-refractivity contribution in [2.75, 3.05) is 33.7 Å². The van der Waals surface area contributed by atoms with Crippen LogP contribution in [0.5, 0.6) is 0 Å². The van der Waals surface area contributed by atoms with Crippen molar-refractivity contribution in [2.24, 2.45) is 0 Å². The Kier molecular flexibility index (Phi) is 3.19. The maximum Gasteiger partial charge on any atom is 0.182 e. The number of hydrogen-bond donors (Lipinski definition) is 0. The lowest BCUT2D eigenvalue weighted by atomic mass is 10.0. The normalized spacial score (nSPS) is 24.3. The van der Waals surface area contributed by atoms with Crippen LogP contribution in [0.4, 0.5) is 0 Å². The van der Waals surface area contributed by atoms with Gasteiger partial charge in [0.2, 0.25) is 0 Å². The summed E-state index contributed by atoms with van der Waals surface area (Å²) in [4.78, 5) is 16.5. The van der Waals surface area contributed by atoms with Crippen LogP contribution >= 0.6 is 11.3 Å². The van der Waals surface area contributed by atoms with E-state index in [1.165, 1.54) is 0 Å². The first-order valence-corrected chi connectivity index (χ1v) is 6.08. The highest BCUT2D eigenvalue weighted by atomic mass is 32.1. The van der Waals surface area contributed by atoms with Gasteiger partial charge in [0.05, 0.1) is 6.04 Å². The van der Waals surface area contributed by atoms with E-state index in [1.54, 1.807) is 11.3 Å². The number of carbonyl (C=O) groups is 1. The second-order valence-corrected chi connectivity index (χ2v) is 4.91. The third kappa shape index (κ3) is 2.27. The summed E-state index contributed by atoms with van der Waals surface area (Å²) in [7, 11) is 4.10. The SMILES string of the molecule is CN1CCN(C)C(C(=O)c2ccsc2)C1. The standard InChI is InChI=1S/C11H16N2OS/c1-12-4-5-13(2)10(7-12)11(14)9-3-6-15-8-9/h3,6,8,10H,4-5,7H2,1-2H3. The molecule has 1 aliphatic rings. The van der Waals surface area contributed by atoms with Crippen LogP contribution in [0.25, 0.3) is 0 Å². The molecule has 2 rings (SSSR count). The number of piperazine rings is 1. The van der Waals surface area contributed by atoms with Gasteiger partial charge in [-0.2, -0.15) is 11.3 Å². The Morgan fingerprint density at radius 1 is 1.47 bits per heavy atom. The Balaban J connectivity index is 2.12. The van der Waals surface area contributed by atoms with Gasteiger partial charge in [0.25, 0.3) is 0 Å². The molecular formula is C11H16N2OS. The number of Topliss-reactive ketones (excluding diaryl/α,β-unsaturated/α-hetero) is 1. The highest BCUT2D eigenvalue weighted by Gasteiger charge is 2.29. The molecule has 0 aliphatic carbocycles. The quantitative estimate of drug-likeness (QED) is 0.705. The summed E-state index contributed by atoms with van der Waals surface area (Å²) in [6.45, 7) is 2.85. The van der Waals surface area contributed by atoms with Crippen molar-refractivity contribution >= 4 is 17.1 Å². The Morgan fingerprint density at radius 3 is 2.93 bits per heavy atom. The predicted octanol–water partition coefficient (Wildman–Crippen LogP) is 1.18. The van der Waals surface area contributed by atoms with Gasteiger partial charge in [-0.05, 0) is 25.5 Å². The minimum Gasteiger partial charge on any atom is -0.303 e. The minimum atomic E-state index is 0.0262. The molecule has 1 fully saturated rings. The van der Waals surface area contributed by atoms with E-state index in [9.17, 15) is 4.79 Å². The predicted molar refractivity (Wildman–Crippen MR) is 62.6 cm³/mol. The molecule has 0 amide bonds. The molecule has 0 N–H and O–H groups in total. The Bertz CT molecular complexity index is 336. The molecule has 3 nitrogen and oxygen atoms in total. The van der Waals surface area contributed by atoms with Gasteiger partial charge >= 0.3 is 0 Å². The zero-order chi connectivity index (χ0) is 10.8. The van der Waals surface area contributed by atoms with Crippen molar-refractivity contribution in [3.05, 3.63) is 22.4 Å². The Hall–Kier alpha value is -0.710. The minimum absolute atomic E-state index is 0.0262. The molecule has 1 atom stereocenters. The molecule has 82 valence electrons. The number of thiophene rings is 1. The van der Waals surface area contributed by atoms with Gasteiger partial charge in [0, 0.05) is 30.6 Å². The molecule has 1 saturated heterocycles. The topological polar surface area (TPSA) is 23.6 Å². The number of likely N-dealkylation sites (N-methyl/N-ethyl adjacent to an activating group) is 2. The third-order valence-corrected chi connectivity index (χ3v) is 3.64. The Morgan fingerprint density at radius 2 is 2.27 bits per heavy atom. The number of carbonyl (C=O) groups excluding carboxylic acids is 1. The van der Waals surface area contributed by atoms with Crippen molar-refractivity contribution in [1.82, 2.24) is 9.80 Å². The van der Waals surface area contributed by atoms with Crippen LogP contribution in [0, 0.1) is 0 Å². The van der Waals surface area contributed by atoms with Crippen LogP contribution < -0.4 is 0 Å². The summed E-state index contributed by atoms with van der Waals surface area (Å²) in [6.07, 6.45) is 0. The van der Waals surface area contributed by atoms with Gasteiger partial charge < -0.3 is 4.90 Å². The van der Waals surface area contributed by atoms with E-state index in [0.717, 1.165) is 25.2 Å². The van der Waals surface area contributed by atoms with E-state index < -0.39 is 0 Å². The summed E-state index contributed by atoms with van der Waals surface area (Å²) in [5, 5.41) is 3.89. The fourth-order valence-corrected chi connectivity index (χ4v) is 2.54. The van der Waals surface area contributed by atoms with Crippen LogP contribution in [-0.4, -0.2) is 55.4 Å². The number of nitrogens with zero attached hydrogens (tertiary/aromatic N) is 2. The fraction of sp³-hybridized carbons (Fsp3) is 0.545. The molecule has 0 spiro atoms. The van der Waals surface area contributed by atoms with E-state index >= 15 is 0 Å². The number of ketones is 1. The van der Waals surface area contributed by atoms with Gasteiger partial charge in [-0.25, -0.2) is 0 Å². The molecule has 4 heteroatoms. The van der Waals surface area contributed by atoms with Gasteiger partial charge in [-0.1, -0.05) is 0 Å².